The van der Waals surface area contributed by atoms with Crippen LogP contribution < -0.4 is 14.2 Å². The summed E-state index contributed by atoms with van der Waals surface area (Å²) in [5.41, 5.74) is 2.68. The minimum atomic E-state index is -0.609. The van der Waals surface area contributed by atoms with Crippen molar-refractivity contribution in [2.75, 3.05) is 27.9 Å². The molecule has 0 aliphatic carbocycles. The lowest BCUT2D eigenvalue weighted by Gasteiger charge is -2.12. The first-order chi connectivity index (χ1) is 16.5. The van der Waals surface area contributed by atoms with Crippen molar-refractivity contribution in [3.05, 3.63) is 83.9 Å². The van der Waals surface area contributed by atoms with Crippen LogP contribution in [-0.2, 0) is 4.74 Å². The van der Waals surface area contributed by atoms with E-state index in [-0.39, 0.29) is 12.4 Å². The number of Topliss-reactive ketones (excluding diaryl/α,β-unsaturated/α-hetero) is 1. The lowest BCUT2D eigenvalue weighted by molar-refractivity contribution is 0.0476. The van der Waals surface area contributed by atoms with Gasteiger partial charge in [-0.1, -0.05) is 18.2 Å². The van der Waals surface area contributed by atoms with Crippen molar-refractivity contribution in [3.63, 3.8) is 0 Å². The van der Waals surface area contributed by atoms with Crippen LogP contribution >= 0.6 is 0 Å². The van der Waals surface area contributed by atoms with E-state index in [1.54, 1.807) is 69.9 Å². The highest BCUT2D eigenvalue weighted by molar-refractivity contribution is 6.06. The van der Waals surface area contributed by atoms with E-state index in [4.69, 9.17) is 23.9 Å². The van der Waals surface area contributed by atoms with Crippen LogP contribution in [0.15, 0.2) is 72.8 Å². The molecule has 0 radical (unpaired) electrons. The molecular formula is C27H23NO6. The number of carbonyl (C=O) groups excluding carboxylic acids is 2. The third-order valence-corrected chi connectivity index (χ3v) is 5.36. The molecule has 0 aliphatic rings. The number of aromatic nitrogens is 1. The first kappa shape index (κ1) is 22.8. The lowest BCUT2D eigenvalue weighted by atomic mass is 10.0. The predicted octanol–water partition coefficient (Wildman–Crippen LogP) is 4.97. The van der Waals surface area contributed by atoms with Crippen molar-refractivity contribution in [1.29, 1.82) is 0 Å². The topological polar surface area (TPSA) is 84.0 Å². The van der Waals surface area contributed by atoms with Crippen LogP contribution in [0.2, 0.25) is 0 Å². The van der Waals surface area contributed by atoms with Gasteiger partial charge in [0.1, 0.15) is 5.75 Å². The summed E-state index contributed by atoms with van der Waals surface area (Å²) in [6.07, 6.45) is 0. The van der Waals surface area contributed by atoms with Crippen molar-refractivity contribution < 1.29 is 28.5 Å². The van der Waals surface area contributed by atoms with Gasteiger partial charge in [-0.2, -0.15) is 0 Å². The van der Waals surface area contributed by atoms with E-state index in [2.05, 4.69) is 0 Å². The summed E-state index contributed by atoms with van der Waals surface area (Å²) in [5.74, 6) is 0.851. The molecule has 34 heavy (non-hydrogen) atoms. The number of nitrogens with zero attached hydrogens (tertiary/aromatic N) is 1. The van der Waals surface area contributed by atoms with E-state index >= 15 is 0 Å². The van der Waals surface area contributed by atoms with Crippen molar-refractivity contribution >= 4 is 22.7 Å². The molecule has 7 heteroatoms. The fraction of sp³-hybridized carbons (Fsp3) is 0.148. The molecule has 0 amide bonds. The van der Waals surface area contributed by atoms with Crippen molar-refractivity contribution in [2.24, 2.45) is 0 Å². The molecule has 4 aromatic rings. The third-order valence-electron chi connectivity index (χ3n) is 5.36. The maximum absolute atomic E-state index is 13.0. The average Bonchev–Trinajstić information content (AvgIpc) is 2.90. The van der Waals surface area contributed by atoms with Gasteiger partial charge in [0.15, 0.2) is 23.9 Å². The number of rotatable bonds is 8. The highest BCUT2D eigenvalue weighted by atomic mass is 16.5. The Morgan fingerprint density at radius 2 is 1.53 bits per heavy atom. The molecule has 0 saturated heterocycles. The number of fused-ring (bicyclic) bond motifs is 1. The first-order valence-corrected chi connectivity index (χ1v) is 10.5. The Hall–Kier alpha value is -4.39. The minimum Gasteiger partial charge on any atom is -0.497 e. The molecule has 0 N–H and O–H groups in total. The number of hydrogen-bond acceptors (Lipinski definition) is 7. The predicted molar refractivity (Wildman–Crippen MR) is 128 cm³/mol. The molecule has 0 saturated carbocycles. The molecule has 0 fully saturated rings. The molecule has 0 unspecified atom stereocenters. The molecule has 172 valence electrons. The van der Waals surface area contributed by atoms with E-state index in [0.29, 0.717) is 45.0 Å². The highest BCUT2D eigenvalue weighted by Crippen LogP contribution is 2.33. The quantitative estimate of drug-likeness (QED) is 0.273. The summed E-state index contributed by atoms with van der Waals surface area (Å²) in [4.78, 5) is 30.2. The number of pyridine rings is 1. The SMILES string of the molecule is COc1ccc(C(=O)COC(=O)c2cc(-c3ccc(OC)c(OC)c3)nc3ccccc23)cc1. The van der Waals surface area contributed by atoms with Crippen LogP contribution in [0, 0.1) is 0 Å². The van der Waals surface area contributed by atoms with Gasteiger partial charge in [0.25, 0.3) is 0 Å². The van der Waals surface area contributed by atoms with Gasteiger partial charge >= 0.3 is 5.97 Å². The molecule has 3 aromatic carbocycles. The zero-order chi connectivity index (χ0) is 24.1. The smallest absolute Gasteiger partial charge is 0.339 e. The largest absolute Gasteiger partial charge is 0.497 e. The Bertz CT molecular complexity index is 1350. The monoisotopic (exact) mass is 457 g/mol. The molecule has 0 bridgehead atoms. The molecule has 0 spiro atoms. The standard InChI is InChI=1S/C27H23NO6/c1-31-19-11-8-17(9-12-19)24(29)16-34-27(30)21-15-23(28-22-7-5-4-6-20(21)22)18-10-13-25(32-2)26(14-18)33-3/h4-15H,16H2,1-3H3. The second-order valence-electron chi connectivity index (χ2n) is 7.37. The zero-order valence-corrected chi connectivity index (χ0v) is 19.0. The van der Waals surface area contributed by atoms with Crippen LogP contribution in [0.25, 0.3) is 22.2 Å². The Morgan fingerprint density at radius 1 is 0.794 bits per heavy atom. The van der Waals surface area contributed by atoms with E-state index in [1.165, 1.54) is 0 Å². The molecule has 0 aliphatic heterocycles. The summed E-state index contributed by atoms with van der Waals surface area (Å²) >= 11 is 0. The fourth-order valence-electron chi connectivity index (χ4n) is 3.56. The van der Waals surface area contributed by atoms with E-state index in [1.807, 2.05) is 24.3 Å². The van der Waals surface area contributed by atoms with Crippen LogP contribution in [0.4, 0.5) is 0 Å². The number of methoxy groups -OCH3 is 3. The van der Waals surface area contributed by atoms with Crippen LogP contribution in [0.3, 0.4) is 0 Å². The Balaban J connectivity index is 1.63. The first-order valence-electron chi connectivity index (χ1n) is 10.5. The molecular weight excluding hydrogens is 434 g/mol. The van der Waals surface area contributed by atoms with Gasteiger partial charge in [-0.3, -0.25) is 4.79 Å². The second-order valence-corrected chi connectivity index (χ2v) is 7.37. The van der Waals surface area contributed by atoms with Crippen molar-refractivity contribution in [1.82, 2.24) is 4.98 Å². The van der Waals surface area contributed by atoms with Gasteiger partial charge in [0, 0.05) is 16.5 Å². The van der Waals surface area contributed by atoms with Gasteiger partial charge in [0.05, 0.1) is 38.1 Å². The van der Waals surface area contributed by atoms with E-state index in [0.717, 1.165) is 5.56 Å². The number of ketones is 1. The van der Waals surface area contributed by atoms with Gasteiger partial charge in [0.2, 0.25) is 0 Å². The maximum Gasteiger partial charge on any atom is 0.339 e. The molecule has 1 heterocycles. The van der Waals surface area contributed by atoms with Crippen LogP contribution in [-0.4, -0.2) is 44.7 Å². The van der Waals surface area contributed by atoms with Crippen LogP contribution in [0.5, 0.6) is 17.2 Å². The van der Waals surface area contributed by atoms with Crippen molar-refractivity contribution in [3.8, 4) is 28.5 Å². The number of hydrogen-bond donors (Lipinski definition) is 0. The third kappa shape index (κ3) is 4.68. The highest BCUT2D eigenvalue weighted by Gasteiger charge is 2.18. The van der Waals surface area contributed by atoms with Gasteiger partial charge in [-0.15, -0.1) is 0 Å². The van der Waals surface area contributed by atoms with Crippen LogP contribution in [0.1, 0.15) is 20.7 Å². The molecule has 7 nitrogen and oxygen atoms in total. The lowest BCUT2D eigenvalue weighted by Crippen LogP contribution is -2.15. The Morgan fingerprint density at radius 3 is 2.24 bits per heavy atom. The maximum atomic E-state index is 13.0. The number of carbonyl (C=O) groups is 2. The van der Waals surface area contributed by atoms with Gasteiger partial charge < -0.3 is 18.9 Å². The number of ether oxygens (including phenoxy) is 4. The Labute approximate surface area is 196 Å². The number of para-hydroxylation sites is 1. The second kappa shape index (κ2) is 10.0. The fourth-order valence-corrected chi connectivity index (χ4v) is 3.56. The number of esters is 1. The molecule has 0 atom stereocenters. The zero-order valence-electron chi connectivity index (χ0n) is 19.0. The van der Waals surface area contributed by atoms with E-state index < -0.39 is 5.97 Å². The summed E-state index contributed by atoms with van der Waals surface area (Å²) in [6.45, 7) is -0.381. The summed E-state index contributed by atoms with van der Waals surface area (Å²) < 4.78 is 21.2. The average molecular weight is 457 g/mol. The summed E-state index contributed by atoms with van der Waals surface area (Å²) in [7, 11) is 4.67. The van der Waals surface area contributed by atoms with Gasteiger partial charge in [-0.05, 0) is 54.6 Å². The molecule has 4 rings (SSSR count). The number of benzene rings is 3. The van der Waals surface area contributed by atoms with Crippen molar-refractivity contribution in [2.45, 2.75) is 0 Å². The minimum absolute atomic E-state index is 0.311. The summed E-state index contributed by atoms with van der Waals surface area (Å²) in [6, 6.07) is 21.0. The van der Waals surface area contributed by atoms with E-state index in [9.17, 15) is 9.59 Å². The molecule has 1 aromatic heterocycles. The van der Waals surface area contributed by atoms with Gasteiger partial charge in [-0.25, -0.2) is 9.78 Å². The normalized spacial score (nSPS) is 10.6. The Kier molecular flexibility index (Phi) is 6.73. The summed E-state index contributed by atoms with van der Waals surface area (Å²) in [5, 5.41) is 0.633.